The Bertz CT molecular complexity index is 1060. The summed E-state index contributed by atoms with van der Waals surface area (Å²) in [4.78, 5) is 28.9. The lowest BCUT2D eigenvalue weighted by atomic mass is 10.2. The summed E-state index contributed by atoms with van der Waals surface area (Å²) in [5, 5.41) is 11.6. The summed E-state index contributed by atoms with van der Waals surface area (Å²) in [6.07, 6.45) is 0. The van der Waals surface area contributed by atoms with Crippen molar-refractivity contribution in [2.45, 2.75) is 0 Å². The fourth-order valence-electron chi connectivity index (χ4n) is 3.37. The average Bonchev–Trinajstić information content (AvgIpc) is 3.15. The van der Waals surface area contributed by atoms with Crippen LogP contribution in [0.3, 0.4) is 0 Å². The first-order valence-electron chi connectivity index (χ1n) is 9.21. The summed E-state index contributed by atoms with van der Waals surface area (Å²) in [5.74, 6) is -0.274. The second-order valence-electron chi connectivity index (χ2n) is 6.86. The molecule has 1 aliphatic rings. The number of carbonyl (C=O) groups excluding carboxylic acids is 2. The van der Waals surface area contributed by atoms with Crippen LogP contribution in [0.2, 0.25) is 10.0 Å². The zero-order chi connectivity index (χ0) is 20.4. The maximum absolute atomic E-state index is 12.8. The molecular formula is C20H19Cl2N5O2. The number of amides is 2. The SMILES string of the molecule is O=C(CN1CCN(C(=O)c2n[nH]c3ccccc23)CC1)Nc1cc(Cl)ccc1Cl. The second-order valence-corrected chi connectivity index (χ2v) is 7.70. The number of fused-ring (bicyclic) bond motifs is 1. The number of piperazine rings is 1. The number of aromatic nitrogens is 2. The predicted molar refractivity (Wildman–Crippen MR) is 114 cm³/mol. The number of para-hydroxylation sites is 1. The van der Waals surface area contributed by atoms with Gasteiger partial charge in [0.05, 0.1) is 22.8 Å². The molecule has 4 rings (SSSR count). The minimum absolute atomic E-state index is 0.0998. The third-order valence-electron chi connectivity index (χ3n) is 4.90. The molecule has 1 aromatic heterocycles. The van der Waals surface area contributed by atoms with Crippen molar-refractivity contribution in [2.75, 3.05) is 38.0 Å². The van der Waals surface area contributed by atoms with E-state index in [1.807, 2.05) is 29.2 Å². The van der Waals surface area contributed by atoms with Crippen LogP contribution in [0.4, 0.5) is 5.69 Å². The highest BCUT2D eigenvalue weighted by Gasteiger charge is 2.26. The molecule has 0 spiro atoms. The molecule has 0 atom stereocenters. The quantitative estimate of drug-likeness (QED) is 0.663. The highest BCUT2D eigenvalue weighted by molar-refractivity contribution is 6.35. The Hall–Kier alpha value is -2.61. The fourth-order valence-corrected chi connectivity index (χ4v) is 3.71. The molecule has 150 valence electrons. The summed E-state index contributed by atoms with van der Waals surface area (Å²) in [6, 6.07) is 12.5. The van der Waals surface area contributed by atoms with Crippen LogP contribution in [0.5, 0.6) is 0 Å². The average molecular weight is 432 g/mol. The summed E-state index contributed by atoms with van der Waals surface area (Å²) >= 11 is 12.0. The first-order chi connectivity index (χ1) is 14.0. The van der Waals surface area contributed by atoms with Gasteiger partial charge < -0.3 is 10.2 Å². The Balaban J connectivity index is 1.33. The number of rotatable bonds is 4. The molecule has 2 amide bonds. The molecule has 2 heterocycles. The van der Waals surface area contributed by atoms with E-state index < -0.39 is 0 Å². The molecule has 29 heavy (non-hydrogen) atoms. The number of nitrogens with one attached hydrogen (secondary N) is 2. The number of aromatic amines is 1. The minimum Gasteiger partial charge on any atom is -0.335 e. The summed E-state index contributed by atoms with van der Waals surface area (Å²) in [5.41, 5.74) is 1.76. The molecule has 0 unspecified atom stereocenters. The van der Waals surface area contributed by atoms with Gasteiger partial charge in [-0.2, -0.15) is 5.10 Å². The molecule has 0 aliphatic carbocycles. The maximum Gasteiger partial charge on any atom is 0.275 e. The maximum atomic E-state index is 12.8. The lowest BCUT2D eigenvalue weighted by molar-refractivity contribution is -0.117. The third-order valence-corrected chi connectivity index (χ3v) is 5.47. The van der Waals surface area contributed by atoms with E-state index in [0.717, 1.165) is 10.9 Å². The van der Waals surface area contributed by atoms with Crippen molar-refractivity contribution < 1.29 is 9.59 Å². The van der Waals surface area contributed by atoms with Gasteiger partial charge in [0.2, 0.25) is 5.91 Å². The second kappa shape index (κ2) is 8.41. The molecule has 7 nitrogen and oxygen atoms in total. The molecule has 0 radical (unpaired) electrons. The molecule has 0 bridgehead atoms. The van der Waals surface area contributed by atoms with E-state index in [1.54, 1.807) is 23.1 Å². The van der Waals surface area contributed by atoms with Crippen LogP contribution in [0.25, 0.3) is 10.9 Å². The topological polar surface area (TPSA) is 81.3 Å². The van der Waals surface area contributed by atoms with Gasteiger partial charge in [0.25, 0.3) is 5.91 Å². The van der Waals surface area contributed by atoms with E-state index in [2.05, 4.69) is 15.5 Å². The summed E-state index contributed by atoms with van der Waals surface area (Å²) in [6.45, 7) is 2.49. The molecule has 0 saturated carbocycles. The van der Waals surface area contributed by atoms with Crippen LogP contribution in [-0.2, 0) is 4.79 Å². The molecule has 2 aromatic carbocycles. The normalized spacial score (nSPS) is 14.9. The van der Waals surface area contributed by atoms with Gasteiger partial charge in [0.15, 0.2) is 5.69 Å². The van der Waals surface area contributed by atoms with Crippen LogP contribution in [0.1, 0.15) is 10.5 Å². The van der Waals surface area contributed by atoms with Gasteiger partial charge in [-0.25, -0.2) is 0 Å². The Morgan fingerprint density at radius 2 is 1.83 bits per heavy atom. The molecular weight excluding hydrogens is 413 g/mol. The number of hydrogen-bond donors (Lipinski definition) is 2. The summed E-state index contributed by atoms with van der Waals surface area (Å²) < 4.78 is 0. The zero-order valence-corrected chi connectivity index (χ0v) is 17.0. The monoisotopic (exact) mass is 431 g/mol. The number of anilines is 1. The van der Waals surface area contributed by atoms with Gasteiger partial charge in [-0.15, -0.1) is 0 Å². The highest BCUT2D eigenvalue weighted by atomic mass is 35.5. The van der Waals surface area contributed by atoms with Gasteiger partial charge in [-0.3, -0.25) is 19.6 Å². The lowest BCUT2D eigenvalue weighted by Gasteiger charge is -2.34. The van der Waals surface area contributed by atoms with Gasteiger partial charge in [0.1, 0.15) is 0 Å². The largest absolute Gasteiger partial charge is 0.335 e. The number of nitrogens with zero attached hydrogens (tertiary/aromatic N) is 3. The Morgan fingerprint density at radius 3 is 2.62 bits per heavy atom. The van der Waals surface area contributed by atoms with Crippen LogP contribution < -0.4 is 5.32 Å². The van der Waals surface area contributed by atoms with Crippen LogP contribution in [-0.4, -0.2) is 64.5 Å². The van der Waals surface area contributed by atoms with Crippen molar-refractivity contribution in [1.29, 1.82) is 0 Å². The van der Waals surface area contributed by atoms with E-state index >= 15 is 0 Å². The minimum atomic E-state index is -0.174. The van der Waals surface area contributed by atoms with Gasteiger partial charge in [-0.1, -0.05) is 41.4 Å². The number of benzene rings is 2. The molecule has 1 fully saturated rings. The Labute approximate surface area is 177 Å². The van der Waals surface area contributed by atoms with E-state index in [-0.39, 0.29) is 18.4 Å². The fraction of sp³-hybridized carbons (Fsp3) is 0.250. The van der Waals surface area contributed by atoms with Crippen molar-refractivity contribution in [3.05, 3.63) is 58.2 Å². The molecule has 9 heteroatoms. The van der Waals surface area contributed by atoms with Crippen molar-refractivity contribution in [3.63, 3.8) is 0 Å². The number of halogens is 2. The van der Waals surface area contributed by atoms with E-state index in [9.17, 15) is 9.59 Å². The van der Waals surface area contributed by atoms with Crippen LogP contribution >= 0.6 is 23.2 Å². The van der Waals surface area contributed by atoms with Crippen molar-refractivity contribution in [1.82, 2.24) is 20.0 Å². The number of H-pyrrole nitrogens is 1. The zero-order valence-electron chi connectivity index (χ0n) is 15.5. The Morgan fingerprint density at radius 1 is 1.07 bits per heavy atom. The van der Waals surface area contributed by atoms with Gasteiger partial charge >= 0.3 is 0 Å². The first kappa shape index (κ1) is 19.7. The third kappa shape index (κ3) is 4.37. The van der Waals surface area contributed by atoms with Crippen molar-refractivity contribution >= 4 is 51.6 Å². The molecule has 1 aliphatic heterocycles. The first-order valence-corrected chi connectivity index (χ1v) is 9.96. The summed E-state index contributed by atoms with van der Waals surface area (Å²) in [7, 11) is 0. The van der Waals surface area contributed by atoms with Crippen LogP contribution in [0.15, 0.2) is 42.5 Å². The Kier molecular flexibility index (Phi) is 5.71. The van der Waals surface area contributed by atoms with Crippen molar-refractivity contribution in [2.24, 2.45) is 0 Å². The molecule has 3 aromatic rings. The van der Waals surface area contributed by atoms with E-state index in [4.69, 9.17) is 23.2 Å². The van der Waals surface area contributed by atoms with Gasteiger partial charge in [-0.05, 0) is 24.3 Å². The highest BCUT2D eigenvalue weighted by Crippen LogP contribution is 2.25. The van der Waals surface area contributed by atoms with Gasteiger partial charge in [0, 0.05) is 36.6 Å². The number of carbonyl (C=O) groups is 2. The van der Waals surface area contributed by atoms with Crippen LogP contribution in [0, 0.1) is 0 Å². The lowest BCUT2D eigenvalue weighted by Crippen LogP contribution is -2.50. The predicted octanol–water partition coefficient (Wildman–Crippen LogP) is 3.27. The smallest absolute Gasteiger partial charge is 0.275 e. The number of hydrogen-bond acceptors (Lipinski definition) is 4. The standard InChI is InChI=1S/C20H19Cl2N5O2/c21-13-5-6-15(22)17(11-13)23-18(28)12-26-7-9-27(10-8-26)20(29)19-14-3-1-2-4-16(14)24-25-19/h1-6,11H,7-10,12H2,(H,23,28)(H,24,25). The van der Waals surface area contributed by atoms with E-state index in [0.29, 0.717) is 47.6 Å². The molecule has 2 N–H and O–H groups in total. The van der Waals surface area contributed by atoms with Crippen molar-refractivity contribution in [3.8, 4) is 0 Å². The molecule has 1 saturated heterocycles. The van der Waals surface area contributed by atoms with E-state index in [1.165, 1.54) is 0 Å².